The maximum absolute atomic E-state index is 3.76. The first kappa shape index (κ1) is 8.61. The van der Waals surface area contributed by atoms with Crippen molar-refractivity contribution >= 4 is 6.08 Å². The van der Waals surface area contributed by atoms with Crippen LogP contribution in [0.3, 0.4) is 0 Å². The zero-order valence-electron chi connectivity index (χ0n) is 8.05. The Bertz CT molecular complexity index is 279. The maximum Gasteiger partial charge on any atom is 0.0377 e. The fourth-order valence-electron chi connectivity index (χ4n) is 2.22. The van der Waals surface area contributed by atoms with E-state index in [0.29, 0.717) is 0 Å². The van der Waals surface area contributed by atoms with Crippen molar-refractivity contribution in [2.75, 3.05) is 0 Å². The summed E-state index contributed by atoms with van der Waals surface area (Å²) in [6, 6.07) is 2.24. The predicted molar refractivity (Wildman–Crippen MR) is 56.7 cm³/mol. The second-order valence-electron chi connectivity index (χ2n) is 3.93. The van der Waals surface area contributed by atoms with Crippen LogP contribution in [0.25, 0.3) is 6.08 Å². The molecule has 70 valence electrons. The molecule has 0 saturated heterocycles. The third-order valence-corrected chi connectivity index (χ3v) is 3.02. The van der Waals surface area contributed by atoms with Gasteiger partial charge in [0.2, 0.25) is 0 Å². The van der Waals surface area contributed by atoms with E-state index in [0.717, 1.165) is 11.6 Å². The minimum Gasteiger partial charge on any atom is -0.361 e. The van der Waals surface area contributed by atoms with E-state index in [4.69, 9.17) is 0 Å². The molecule has 0 aliphatic heterocycles. The fourth-order valence-corrected chi connectivity index (χ4v) is 2.22. The highest BCUT2D eigenvalue weighted by Crippen LogP contribution is 2.32. The summed E-state index contributed by atoms with van der Waals surface area (Å²) in [6.07, 6.45) is 11.0. The number of H-pyrrole nitrogens is 1. The Balaban J connectivity index is 2.09. The third-order valence-electron chi connectivity index (χ3n) is 3.02. The van der Waals surface area contributed by atoms with Gasteiger partial charge in [-0.25, -0.2) is 0 Å². The van der Waals surface area contributed by atoms with Crippen molar-refractivity contribution in [2.45, 2.75) is 38.0 Å². The molecule has 0 amide bonds. The van der Waals surface area contributed by atoms with Crippen LogP contribution in [-0.2, 0) is 0 Å². The Kier molecular flexibility index (Phi) is 2.53. The van der Waals surface area contributed by atoms with Gasteiger partial charge in [-0.2, -0.15) is 0 Å². The molecule has 1 saturated carbocycles. The number of aromatic amines is 1. The summed E-state index contributed by atoms with van der Waals surface area (Å²) in [7, 11) is 0. The van der Waals surface area contributed by atoms with Gasteiger partial charge in [0.25, 0.3) is 0 Å². The standard InChI is InChI=1S/C12H17N/c1-2-12-8-11(9-13-12)10-6-4-3-5-7-10/h2,8-10,13H,1,3-7H2. The summed E-state index contributed by atoms with van der Waals surface area (Å²) in [4.78, 5) is 3.23. The summed E-state index contributed by atoms with van der Waals surface area (Å²) in [5.41, 5.74) is 2.63. The Morgan fingerprint density at radius 3 is 2.69 bits per heavy atom. The predicted octanol–water partition coefficient (Wildman–Crippen LogP) is 3.71. The molecule has 1 heterocycles. The van der Waals surface area contributed by atoms with Gasteiger partial charge in [0.1, 0.15) is 0 Å². The van der Waals surface area contributed by atoms with Gasteiger partial charge in [-0.3, -0.25) is 0 Å². The number of hydrogen-bond acceptors (Lipinski definition) is 0. The lowest BCUT2D eigenvalue weighted by atomic mass is 9.85. The summed E-state index contributed by atoms with van der Waals surface area (Å²) in [5.74, 6) is 0.804. The van der Waals surface area contributed by atoms with Crippen molar-refractivity contribution in [1.82, 2.24) is 4.98 Å². The van der Waals surface area contributed by atoms with Gasteiger partial charge in [0, 0.05) is 11.9 Å². The highest BCUT2D eigenvalue weighted by molar-refractivity contribution is 5.44. The van der Waals surface area contributed by atoms with Crippen LogP contribution in [0.5, 0.6) is 0 Å². The van der Waals surface area contributed by atoms with E-state index in [1.165, 1.54) is 37.7 Å². The topological polar surface area (TPSA) is 15.8 Å². The lowest BCUT2D eigenvalue weighted by Crippen LogP contribution is -2.02. The van der Waals surface area contributed by atoms with Gasteiger partial charge >= 0.3 is 0 Å². The Morgan fingerprint density at radius 1 is 1.31 bits per heavy atom. The number of rotatable bonds is 2. The highest BCUT2D eigenvalue weighted by Gasteiger charge is 2.15. The monoisotopic (exact) mass is 175 g/mol. The van der Waals surface area contributed by atoms with Crippen LogP contribution >= 0.6 is 0 Å². The van der Waals surface area contributed by atoms with E-state index in [2.05, 4.69) is 23.8 Å². The smallest absolute Gasteiger partial charge is 0.0377 e. The molecule has 0 atom stereocenters. The Hall–Kier alpha value is -0.980. The molecule has 0 unspecified atom stereocenters. The minimum atomic E-state index is 0.804. The van der Waals surface area contributed by atoms with Crippen LogP contribution in [0.2, 0.25) is 0 Å². The van der Waals surface area contributed by atoms with Crippen molar-refractivity contribution in [3.8, 4) is 0 Å². The minimum absolute atomic E-state index is 0.804. The van der Waals surface area contributed by atoms with Crippen molar-refractivity contribution in [3.05, 3.63) is 30.1 Å². The van der Waals surface area contributed by atoms with Gasteiger partial charge in [0.15, 0.2) is 0 Å². The molecule has 0 bridgehead atoms. The summed E-state index contributed by atoms with van der Waals surface area (Å²) >= 11 is 0. The summed E-state index contributed by atoms with van der Waals surface area (Å²) < 4.78 is 0. The molecule has 1 aromatic heterocycles. The number of hydrogen-bond donors (Lipinski definition) is 1. The molecule has 1 aliphatic carbocycles. The maximum atomic E-state index is 3.76. The molecule has 0 spiro atoms. The second kappa shape index (κ2) is 3.82. The lowest BCUT2D eigenvalue weighted by molar-refractivity contribution is 0.444. The van der Waals surface area contributed by atoms with E-state index >= 15 is 0 Å². The normalized spacial score (nSPS) is 18.8. The summed E-state index contributed by atoms with van der Waals surface area (Å²) in [6.45, 7) is 3.76. The van der Waals surface area contributed by atoms with Crippen molar-refractivity contribution in [1.29, 1.82) is 0 Å². The molecular weight excluding hydrogens is 158 g/mol. The van der Waals surface area contributed by atoms with E-state index in [9.17, 15) is 0 Å². The van der Waals surface area contributed by atoms with Crippen LogP contribution in [0.4, 0.5) is 0 Å². The van der Waals surface area contributed by atoms with Gasteiger partial charge < -0.3 is 4.98 Å². The highest BCUT2D eigenvalue weighted by atomic mass is 14.7. The van der Waals surface area contributed by atoms with Crippen LogP contribution in [0.1, 0.15) is 49.3 Å². The molecule has 1 N–H and O–H groups in total. The molecule has 1 aromatic rings. The molecule has 0 radical (unpaired) electrons. The van der Waals surface area contributed by atoms with Crippen molar-refractivity contribution in [2.24, 2.45) is 0 Å². The fraction of sp³-hybridized carbons (Fsp3) is 0.500. The molecule has 1 nitrogen and oxygen atoms in total. The van der Waals surface area contributed by atoms with Crippen LogP contribution in [-0.4, -0.2) is 4.98 Å². The first-order valence-corrected chi connectivity index (χ1v) is 5.21. The molecular formula is C12H17N. The Labute approximate surface area is 79.9 Å². The zero-order valence-corrected chi connectivity index (χ0v) is 8.05. The van der Waals surface area contributed by atoms with Crippen molar-refractivity contribution in [3.63, 3.8) is 0 Å². The van der Waals surface area contributed by atoms with Gasteiger partial charge in [-0.1, -0.05) is 25.8 Å². The quantitative estimate of drug-likeness (QED) is 0.705. The van der Waals surface area contributed by atoms with E-state index in [1.54, 1.807) is 0 Å². The molecule has 13 heavy (non-hydrogen) atoms. The van der Waals surface area contributed by atoms with Crippen molar-refractivity contribution < 1.29 is 0 Å². The first-order chi connectivity index (χ1) is 6.40. The van der Waals surface area contributed by atoms with E-state index < -0.39 is 0 Å². The average Bonchev–Trinajstić information content (AvgIpc) is 2.67. The molecule has 1 heteroatoms. The average molecular weight is 175 g/mol. The van der Waals surface area contributed by atoms with Gasteiger partial charge in [0.05, 0.1) is 0 Å². The Morgan fingerprint density at radius 2 is 2.08 bits per heavy atom. The first-order valence-electron chi connectivity index (χ1n) is 5.21. The van der Waals surface area contributed by atoms with E-state index in [-0.39, 0.29) is 0 Å². The molecule has 0 aromatic carbocycles. The van der Waals surface area contributed by atoms with Crippen LogP contribution < -0.4 is 0 Å². The van der Waals surface area contributed by atoms with E-state index in [1.807, 2.05) is 6.08 Å². The molecule has 1 fully saturated rings. The molecule has 2 rings (SSSR count). The van der Waals surface area contributed by atoms with Gasteiger partial charge in [-0.15, -0.1) is 0 Å². The SMILES string of the molecule is C=Cc1cc(C2CCCCC2)c[nH]1. The summed E-state index contributed by atoms with van der Waals surface area (Å²) in [5, 5.41) is 0. The number of aromatic nitrogens is 1. The third kappa shape index (κ3) is 1.85. The number of nitrogens with one attached hydrogen (secondary N) is 1. The largest absolute Gasteiger partial charge is 0.361 e. The second-order valence-corrected chi connectivity index (χ2v) is 3.93. The zero-order chi connectivity index (χ0) is 9.10. The van der Waals surface area contributed by atoms with Crippen LogP contribution in [0.15, 0.2) is 18.8 Å². The lowest BCUT2D eigenvalue weighted by Gasteiger charge is -2.20. The van der Waals surface area contributed by atoms with Gasteiger partial charge in [-0.05, 0) is 36.5 Å². The van der Waals surface area contributed by atoms with Crippen LogP contribution in [0, 0.1) is 0 Å². The molecule has 1 aliphatic rings.